The lowest BCUT2D eigenvalue weighted by Gasteiger charge is -2.32. The van der Waals surface area contributed by atoms with Gasteiger partial charge in [0.25, 0.3) is 5.56 Å². The third-order valence-corrected chi connectivity index (χ3v) is 3.31. The third kappa shape index (κ3) is 2.53. The highest BCUT2D eigenvalue weighted by Gasteiger charge is 2.17. The first-order chi connectivity index (χ1) is 9.22. The minimum atomic E-state index is -0.157. The van der Waals surface area contributed by atoms with Crippen molar-refractivity contribution in [3.05, 3.63) is 34.8 Å². The topological polar surface area (TPSA) is 65.4 Å². The fraction of sp³-hybridized carbons (Fsp3) is 0.385. The van der Waals surface area contributed by atoms with Crippen LogP contribution in [0.3, 0.4) is 0 Å². The normalized spacial score (nSPS) is 16.8. The average Bonchev–Trinajstić information content (AvgIpc) is 2.93. The monoisotopic (exact) mass is 260 g/mol. The van der Waals surface area contributed by atoms with Gasteiger partial charge in [-0.2, -0.15) is 0 Å². The number of nitrogens with one attached hydrogen (secondary N) is 1. The number of hydrogen-bond donors (Lipinski definition) is 1. The van der Waals surface area contributed by atoms with Crippen molar-refractivity contribution < 1.29 is 4.42 Å². The summed E-state index contributed by atoms with van der Waals surface area (Å²) in [6.45, 7) is 3.66. The van der Waals surface area contributed by atoms with Gasteiger partial charge >= 0.3 is 0 Å². The molecule has 6 nitrogen and oxygen atoms in total. The lowest BCUT2D eigenvalue weighted by Crippen LogP contribution is -2.45. The fourth-order valence-electron chi connectivity index (χ4n) is 2.16. The van der Waals surface area contributed by atoms with E-state index in [0.717, 1.165) is 26.2 Å². The summed E-state index contributed by atoms with van der Waals surface area (Å²) >= 11 is 0. The van der Waals surface area contributed by atoms with Crippen LogP contribution in [-0.4, -0.2) is 48.1 Å². The molecule has 100 valence electrons. The molecule has 0 saturated carbocycles. The van der Waals surface area contributed by atoms with Crippen LogP contribution in [0.5, 0.6) is 0 Å². The molecule has 0 bridgehead atoms. The number of hydrogen-bond acceptors (Lipinski definition) is 5. The molecule has 1 N–H and O–H groups in total. The molecule has 2 aromatic heterocycles. The summed E-state index contributed by atoms with van der Waals surface area (Å²) in [7, 11) is 2.09. The summed E-state index contributed by atoms with van der Waals surface area (Å²) in [5.41, 5.74) is 0.415. The van der Waals surface area contributed by atoms with E-state index in [-0.39, 0.29) is 5.56 Å². The molecule has 0 radical (unpaired) electrons. The number of H-pyrrole nitrogens is 1. The van der Waals surface area contributed by atoms with Gasteiger partial charge in [0.2, 0.25) is 5.95 Å². The Labute approximate surface area is 110 Å². The van der Waals surface area contributed by atoms with Crippen LogP contribution in [0, 0.1) is 0 Å². The van der Waals surface area contributed by atoms with E-state index in [0.29, 0.717) is 17.4 Å². The summed E-state index contributed by atoms with van der Waals surface area (Å²) < 4.78 is 5.29. The number of nitrogens with zero attached hydrogens (tertiary/aromatic N) is 3. The van der Waals surface area contributed by atoms with Gasteiger partial charge in [0.05, 0.1) is 6.26 Å². The van der Waals surface area contributed by atoms with Crippen molar-refractivity contribution in [3.63, 3.8) is 0 Å². The minimum absolute atomic E-state index is 0.157. The summed E-state index contributed by atoms with van der Waals surface area (Å²) in [4.78, 5) is 23.4. The Kier molecular flexibility index (Phi) is 3.08. The van der Waals surface area contributed by atoms with E-state index in [9.17, 15) is 4.79 Å². The van der Waals surface area contributed by atoms with E-state index in [1.807, 2.05) is 0 Å². The second kappa shape index (κ2) is 4.89. The zero-order chi connectivity index (χ0) is 13.2. The number of piperazine rings is 1. The van der Waals surface area contributed by atoms with E-state index in [1.165, 1.54) is 6.07 Å². The molecule has 1 saturated heterocycles. The Morgan fingerprint density at radius 2 is 2.11 bits per heavy atom. The third-order valence-electron chi connectivity index (χ3n) is 3.31. The average molecular weight is 260 g/mol. The number of aromatic nitrogens is 2. The van der Waals surface area contributed by atoms with E-state index < -0.39 is 0 Å². The van der Waals surface area contributed by atoms with Gasteiger partial charge in [-0.15, -0.1) is 0 Å². The molecule has 1 fully saturated rings. The van der Waals surface area contributed by atoms with Crippen LogP contribution >= 0.6 is 0 Å². The maximum absolute atomic E-state index is 11.7. The Morgan fingerprint density at radius 3 is 2.79 bits per heavy atom. The molecule has 3 rings (SSSR count). The summed E-state index contributed by atoms with van der Waals surface area (Å²) in [5, 5.41) is 0. The number of furan rings is 1. The Hall–Kier alpha value is -2.08. The van der Waals surface area contributed by atoms with Crippen molar-refractivity contribution in [3.8, 4) is 11.5 Å². The molecule has 3 heterocycles. The first-order valence-electron chi connectivity index (χ1n) is 6.31. The van der Waals surface area contributed by atoms with Crippen molar-refractivity contribution in [1.82, 2.24) is 14.9 Å². The highest BCUT2D eigenvalue weighted by molar-refractivity contribution is 5.53. The van der Waals surface area contributed by atoms with Crippen molar-refractivity contribution in [2.75, 3.05) is 38.1 Å². The van der Waals surface area contributed by atoms with Gasteiger partial charge in [-0.1, -0.05) is 0 Å². The van der Waals surface area contributed by atoms with Gasteiger partial charge in [-0.05, 0) is 19.2 Å². The zero-order valence-electron chi connectivity index (χ0n) is 10.8. The second-order valence-electron chi connectivity index (χ2n) is 4.72. The molecule has 0 amide bonds. The summed E-state index contributed by atoms with van der Waals surface area (Å²) in [6.07, 6.45) is 1.58. The fourth-order valence-corrected chi connectivity index (χ4v) is 2.16. The Morgan fingerprint density at radius 1 is 1.32 bits per heavy atom. The SMILES string of the molecule is CN1CCN(c2nc(-c3ccco3)cc(=O)[nH]2)CC1. The van der Waals surface area contributed by atoms with Crippen molar-refractivity contribution in [2.24, 2.45) is 0 Å². The van der Waals surface area contributed by atoms with E-state index >= 15 is 0 Å². The predicted octanol–water partition coefficient (Wildman–Crippen LogP) is 0.782. The Bertz CT molecular complexity index is 597. The zero-order valence-corrected chi connectivity index (χ0v) is 10.8. The van der Waals surface area contributed by atoms with Crippen molar-refractivity contribution >= 4 is 5.95 Å². The summed E-state index contributed by atoms with van der Waals surface area (Å²) in [5.74, 6) is 1.23. The first-order valence-corrected chi connectivity index (χ1v) is 6.31. The quantitative estimate of drug-likeness (QED) is 0.864. The van der Waals surface area contributed by atoms with Gasteiger partial charge in [0, 0.05) is 32.2 Å². The highest BCUT2D eigenvalue weighted by atomic mass is 16.3. The maximum Gasteiger partial charge on any atom is 0.252 e. The molecule has 0 aromatic carbocycles. The van der Waals surface area contributed by atoms with Crippen LogP contribution in [0.1, 0.15) is 0 Å². The molecule has 0 unspecified atom stereocenters. The van der Waals surface area contributed by atoms with Crippen molar-refractivity contribution in [1.29, 1.82) is 0 Å². The predicted molar refractivity (Wildman–Crippen MR) is 72.3 cm³/mol. The molecule has 0 aliphatic carbocycles. The van der Waals surface area contributed by atoms with Crippen LogP contribution < -0.4 is 10.5 Å². The molecule has 1 aliphatic heterocycles. The largest absolute Gasteiger partial charge is 0.463 e. The number of aromatic amines is 1. The van der Waals surface area contributed by atoms with Crippen LogP contribution in [0.2, 0.25) is 0 Å². The highest BCUT2D eigenvalue weighted by Crippen LogP contribution is 2.18. The number of anilines is 1. The standard InChI is InChI=1S/C13H16N4O2/c1-16-4-6-17(7-5-16)13-14-10(9-12(18)15-13)11-3-2-8-19-11/h2-3,8-9H,4-7H2,1H3,(H,14,15,18). The summed E-state index contributed by atoms with van der Waals surface area (Å²) in [6, 6.07) is 5.04. The molecule has 19 heavy (non-hydrogen) atoms. The molecule has 2 aromatic rings. The van der Waals surface area contributed by atoms with Gasteiger partial charge in [-0.3, -0.25) is 9.78 Å². The molecule has 0 atom stereocenters. The maximum atomic E-state index is 11.7. The van der Waals surface area contributed by atoms with E-state index in [4.69, 9.17) is 4.42 Å². The van der Waals surface area contributed by atoms with Gasteiger partial charge < -0.3 is 14.2 Å². The molecule has 0 spiro atoms. The van der Waals surface area contributed by atoms with E-state index in [1.54, 1.807) is 18.4 Å². The van der Waals surface area contributed by atoms with Gasteiger partial charge in [0.1, 0.15) is 5.69 Å². The molecular weight excluding hydrogens is 244 g/mol. The smallest absolute Gasteiger partial charge is 0.252 e. The minimum Gasteiger partial charge on any atom is -0.463 e. The lowest BCUT2D eigenvalue weighted by atomic mass is 10.3. The van der Waals surface area contributed by atoms with Crippen LogP contribution in [0.15, 0.2) is 33.7 Å². The number of likely N-dealkylation sites (N-methyl/N-ethyl adjacent to an activating group) is 1. The van der Waals surface area contributed by atoms with Gasteiger partial charge in [-0.25, -0.2) is 4.98 Å². The van der Waals surface area contributed by atoms with Crippen LogP contribution in [0.25, 0.3) is 11.5 Å². The van der Waals surface area contributed by atoms with Crippen molar-refractivity contribution in [2.45, 2.75) is 0 Å². The number of rotatable bonds is 2. The molecule has 1 aliphatic rings. The molecular formula is C13H16N4O2. The molecule has 6 heteroatoms. The second-order valence-corrected chi connectivity index (χ2v) is 4.72. The van der Waals surface area contributed by atoms with E-state index in [2.05, 4.69) is 26.8 Å². The lowest BCUT2D eigenvalue weighted by molar-refractivity contribution is 0.311. The van der Waals surface area contributed by atoms with Crippen LogP contribution in [-0.2, 0) is 0 Å². The first kappa shape index (κ1) is 12.0. The van der Waals surface area contributed by atoms with Crippen LogP contribution in [0.4, 0.5) is 5.95 Å². The van der Waals surface area contributed by atoms with Gasteiger partial charge in [0.15, 0.2) is 5.76 Å². The Balaban J connectivity index is 1.92.